The van der Waals surface area contributed by atoms with Gasteiger partial charge in [-0.3, -0.25) is 9.78 Å². The number of pyridine rings is 1. The molecule has 0 aliphatic rings. The largest absolute Gasteiger partial charge is 0.322 e. The highest BCUT2D eigenvalue weighted by Gasteiger charge is 2.22. The molecule has 1 N–H and O–H groups in total. The van der Waals surface area contributed by atoms with Crippen molar-refractivity contribution in [1.82, 2.24) is 4.98 Å². The van der Waals surface area contributed by atoms with E-state index in [0.29, 0.717) is 27.0 Å². The number of fused-ring (bicyclic) bond motifs is 1. The number of nitrogens with zero attached hydrogens (tertiary/aromatic N) is 1. The van der Waals surface area contributed by atoms with Crippen LogP contribution < -0.4 is 5.32 Å². The molecule has 1 amide bonds. The van der Waals surface area contributed by atoms with Gasteiger partial charge in [0, 0.05) is 32.2 Å². The van der Waals surface area contributed by atoms with E-state index in [1.807, 2.05) is 73.7 Å². The van der Waals surface area contributed by atoms with Crippen LogP contribution in [0.1, 0.15) is 16.1 Å². The van der Waals surface area contributed by atoms with Gasteiger partial charge in [0.1, 0.15) is 0 Å². The third-order valence-corrected chi connectivity index (χ3v) is 5.09. The predicted molar refractivity (Wildman–Crippen MR) is 116 cm³/mol. The Bertz CT molecular complexity index is 1190. The summed E-state index contributed by atoms with van der Waals surface area (Å²) in [5, 5.41) is 4.86. The van der Waals surface area contributed by atoms with Crippen molar-refractivity contribution in [2.24, 2.45) is 0 Å². The minimum Gasteiger partial charge on any atom is -0.322 e. The van der Waals surface area contributed by atoms with Gasteiger partial charge in [0.2, 0.25) is 0 Å². The van der Waals surface area contributed by atoms with Gasteiger partial charge in [-0.2, -0.15) is 0 Å². The Labute approximate surface area is 172 Å². The number of aryl methyl sites for hydroxylation is 1. The van der Waals surface area contributed by atoms with Crippen LogP contribution in [0.5, 0.6) is 0 Å². The fourth-order valence-electron chi connectivity index (χ4n) is 3.29. The lowest BCUT2D eigenvalue weighted by Crippen LogP contribution is -2.16. The number of aromatic nitrogens is 1. The van der Waals surface area contributed by atoms with Crippen LogP contribution in [0.3, 0.4) is 0 Å². The number of para-hydroxylation sites is 1. The molecule has 0 spiro atoms. The van der Waals surface area contributed by atoms with E-state index >= 15 is 0 Å². The molecule has 0 aliphatic heterocycles. The molecule has 0 saturated heterocycles. The fraction of sp³-hybridized carbons (Fsp3) is 0.0435. The predicted octanol–water partition coefficient (Wildman–Crippen LogP) is 6.77. The summed E-state index contributed by atoms with van der Waals surface area (Å²) in [4.78, 5) is 17.9. The fourth-order valence-corrected chi connectivity index (χ4v) is 3.70. The minimum absolute atomic E-state index is 0.243. The molecular weight excluding hydrogens is 391 g/mol. The third kappa shape index (κ3) is 3.47. The standard InChI is InChI=1S/C23H16Cl2N2O/c1-14-21(23(28)27-16-7-3-2-4-8-16)22(17-9-5-6-10-19(17)25)18-13-15(24)11-12-20(18)26-14/h2-13H,1H3,(H,27,28). The van der Waals surface area contributed by atoms with Gasteiger partial charge in [0.25, 0.3) is 5.91 Å². The van der Waals surface area contributed by atoms with Crippen LogP contribution in [0, 0.1) is 6.92 Å². The molecular formula is C23H16Cl2N2O. The van der Waals surface area contributed by atoms with Gasteiger partial charge < -0.3 is 5.32 Å². The number of nitrogens with one attached hydrogen (secondary N) is 1. The van der Waals surface area contributed by atoms with Crippen LogP contribution in [0.15, 0.2) is 72.8 Å². The maximum absolute atomic E-state index is 13.2. The molecule has 1 heterocycles. The molecule has 1 aromatic heterocycles. The molecule has 0 unspecified atom stereocenters. The van der Waals surface area contributed by atoms with Crippen molar-refractivity contribution < 1.29 is 4.79 Å². The van der Waals surface area contributed by atoms with Crippen molar-refractivity contribution in [2.75, 3.05) is 5.32 Å². The summed E-state index contributed by atoms with van der Waals surface area (Å²) in [6.45, 7) is 1.83. The summed E-state index contributed by atoms with van der Waals surface area (Å²) in [6.07, 6.45) is 0. The summed E-state index contributed by atoms with van der Waals surface area (Å²) >= 11 is 12.8. The van der Waals surface area contributed by atoms with E-state index in [9.17, 15) is 4.79 Å². The summed E-state index contributed by atoms with van der Waals surface area (Å²) < 4.78 is 0. The molecule has 3 aromatic carbocycles. The number of rotatable bonds is 3. The number of hydrogen-bond acceptors (Lipinski definition) is 2. The van der Waals surface area contributed by atoms with Gasteiger partial charge in [-0.15, -0.1) is 0 Å². The Balaban J connectivity index is 2.00. The molecule has 0 fully saturated rings. The number of hydrogen-bond donors (Lipinski definition) is 1. The topological polar surface area (TPSA) is 42.0 Å². The van der Waals surface area contributed by atoms with Gasteiger partial charge in [-0.1, -0.05) is 59.6 Å². The first-order chi connectivity index (χ1) is 13.5. The average molecular weight is 407 g/mol. The second kappa shape index (κ2) is 7.63. The molecule has 0 aliphatic carbocycles. The highest BCUT2D eigenvalue weighted by Crippen LogP contribution is 2.38. The molecule has 0 atom stereocenters. The molecule has 0 radical (unpaired) electrons. The van der Waals surface area contributed by atoms with E-state index in [-0.39, 0.29) is 5.91 Å². The SMILES string of the molecule is Cc1nc2ccc(Cl)cc2c(-c2ccccc2Cl)c1C(=O)Nc1ccccc1. The van der Waals surface area contributed by atoms with Crippen molar-refractivity contribution in [3.63, 3.8) is 0 Å². The monoisotopic (exact) mass is 406 g/mol. The Morgan fingerprint density at radius 3 is 2.39 bits per heavy atom. The highest BCUT2D eigenvalue weighted by molar-refractivity contribution is 6.35. The van der Waals surface area contributed by atoms with E-state index in [4.69, 9.17) is 23.2 Å². The van der Waals surface area contributed by atoms with E-state index in [1.165, 1.54) is 0 Å². The van der Waals surface area contributed by atoms with Crippen molar-refractivity contribution in [3.05, 3.63) is 94.1 Å². The zero-order chi connectivity index (χ0) is 19.7. The number of anilines is 1. The highest BCUT2D eigenvalue weighted by atomic mass is 35.5. The van der Waals surface area contributed by atoms with Gasteiger partial charge >= 0.3 is 0 Å². The second-order valence-electron chi connectivity index (χ2n) is 6.41. The zero-order valence-corrected chi connectivity index (χ0v) is 16.6. The van der Waals surface area contributed by atoms with E-state index in [0.717, 1.165) is 22.0 Å². The molecule has 4 rings (SSSR count). The quantitative estimate of drug-likeness (QED) is 0.407. The van der Waals surface area contributed by atoms with Crippen LogP contribution in [0.25, 0.3) is 22.0 Å². The number of carbonyl (C=O) groups excluding carboxylic acids is 1. The first-order valence-electron chi connectivity index (χ1n) is 8.76. The van der Waals surface area contributed by atoms with Gasteiger partial charge in [0.05, 0.1) is 16.8 Å². The maximum Gasteiger partial charge on any atom is 0.258 e. The van der Waals surface area contributed by atoms with Crippen LogP contribution in [-0.2, 0) is 0 Å². The molecule has 0 bridgehead atoms. The smallest absolute Gasteiger partial charge is 0.258 e. The molecule has 3 nitrogen and oxygen atoms in total. The van der Waals surface area contributed by atoms with Crippen LogP contribution in [-0.4, -0.2) is 10.9 Å². The van der Waals surface area contributed by atoms with Crippen molar-refractivity contribution in [2.45, 2.75) is 6.92 Å². The Hall–Kier alpha value is -2.88. The zero-order valence-electron chi connectivity index (χ0n) is 15.0. The lowest BCUT2D eigenvalue weighted by Gasteiger charge is -2.17. The van der Waals surface area contributed by atoms with Gasteiger partial charge in [0.15, 0.2) is 0 Å². The maximum atomic E-state index is 13.2. The lowest BCUT2D eigenvalue weighted by molar-refractivity contribution is 0.102. The van der Waals surface area contributed by atoms with Crippen LogP contribution in [0.4, 0.5) is 5.69 Å². The normalized spacial score (nSPS) is 10.8. The number of carbonyl (C=O) groups is 1. The molecule has 28 heavy (non-hydrogen) atoms. The number of amides is 1. The van der Waals surface area contributed by atoms with Crippen molar-refractivity contribution in [1.29, 1.82) is 0 Å². The Morgan fingerprint density at radius 1 is 0.929 bits per heavy atom. The molecule has 5 heteroatoms. The van der Waals surface area contributed by atoms with E-state index in [1.54, 1.807) is 6.07 Å². The molecule has 0 saturated carbocycles. The Kier molecular flexibility index (Phi) is 5.03. The van der Waals surface area contributed by atoms with Gasteiger partial charge in [-0.05, 0) is 43.3 Å². The first kappa shape index (κ1) is 18.5. The summed E-state index contributed by atoms with van der Waals surface area (Å²) in [5.41, 5.74) is 4.06. The summed E-state index contributed by atoms with van der Waals surface area (Å²) in [6, 6.07) is 22.2. The molecule has 138 valence electrons. The Morgan fingerprint density at radius 2 is 1.64 bits per heavy atom. The van der Waals surface area contributed by atoms with E-state index in [2.05, 4.69) is 10.3 Å². The van der Waals surface area contributed by atoms with Crippen LogP contribution in [0.2, 0.25) is 10.0 Å². The number of halogens is 2. The molecule has 4 aromatic rings. The first-order valence-corrected chi connectivity index (χ1v) is 9.51. The number of benzene rings is 3. The van der Waals surface area contributed by atoms with Crippen molar-refractivity contribution in [3.8, 4) is 11.1 Å². The van der Waals surface area contributed by atoms with Crippen molar-refractivity contribution >= 4 is 45.7 Å². The van der Waals surface area contributed by atoms with Gasteiger partial charge in [-0.25, -0.2) is 0 Å². The van der Waals surface area contributed by atoms with Crippen LogP contribution >= 0.6 is 23.2 Å². The second-order valence-corrected chi connectivity index (χ2v) is 7.25. The summed E-state index contributed by atoms with van der Waals surface area (Å²) in [7, 11) is 0. The minimum atomic E-state index is -0.243. The van der Waals surface area contributed by atoms with E-state index < -0.39 is 0 Å². The third-order valence-electron chi connectivity index (χ3n) is 4.53. The summed E-state index contributed by atoms with van der Waals surface area (Å²) in [5.74, 6) is -0.243. The lowest BCUT2D eigenvalue weighted by atomic mass is 9.93. The average Bonchev–Trinajstić information content (AvgIpc) is 2.68.